The lowest BCUT2D eigenvalue weighted by molar-refractivity contribution is 0.112. The Labute approximate surface area is 120 Å². The van der Waals surface area contributed by atoms with Crippen molar-refractivity contribution in [3.8, 4) is 0 Å². The fourth-order valence-corrected chi connectivity index (χ4v) is 2.13. The Balaban J connectivity index is 2.01. The highest BCUT2D eigenvalue weighted by atomic mass is 16.1. The van der Waals surface area contributed by atoms with Gasteiger partial charge in [0.2, 0.25) is 0 Å². The molecule has 0 aliphatic heterocycles. The molecular formula is C16H13N3O2. The molecule has 0 radical (unpaired) electrons. The molecule has 0 unspecified atom stereocenters. The van der Waals surface area contributed by atoms with Crippen LogP contribution in [0, 0.1) is 0 Å². The molecular weight excluding hydrogens is 266 g/mol. The zero-order chi connectivity index (χ0) is 14.7. The van der Waals surface area contributed by atoms with E-state index in [1.807, 2.05) is 30.3 Å². The van der Waals surface area contributed by atoms with Crippen molar-refractivity contribution in [3.63, 3.8) is 0 Å². The topological polar surface area (TPSA) is 63.5 Å². The van der Waals surface area contributed by atoms with Gasteiger partial charge in [0, 0.05) is 12.7 Å². The number of carbonyl (C=O) groups is 1. The Hall–Kier alpha value is -2.95. The van der Waals surface area contributed by atoms with Crippen molar-refractivity contribution >= 4 is 17.8 Å². The van der Waals surface area contributed by atoms with Crippen LogP contribution in [0.3, 0.4) is 0 Å². The minimum Gasteiger partial charge on any atom is -0.365 e. The van der Waals surface area contributed by atoms with Crippen molar-refractivity contribution in [3.05, 3.63) is 76.2 Å². The molecule has 3 aromatic rings. The van der Waals surface area contributed by atoms with Gasteiger partial charge in [-0.3, -0.25) is 14.0 Å². The predicted molar refractivity (Wildman–Crippen MR) is 80.6 cm³/mol. The van der Waals surface area contributed by atoms with E-state index in [2.05, 4.69) is 10.3 Å². The quantitative estimate of drug-likeness (QED) is 0.743. The van der Waals surface area contributed by atoms with Crippen LogP contribution < -0.4 is 10.9 Å². The summed E-state index contributed by atoms with van der Waals surface area (Å²) in [5.74, 6) is 0.310. The smallest absolute Gasteiger partial charge is 0.270 e. The lowest BCUT2D eigenvalue weighted by atomic mass is 10.2. The summed E-state index contributed by atoms with van der Waals surface area (Å²) in [7, 11) is 0. The summed E-state index contributed by atoms with van der Waals surface area (Å²) in [6.45, 7) is 0.497. The van der Waals surface area contributed by atoms with E-state index in [1.165, 1.54) is 4.40 Å². The van der Waals surface area contributed by atoms with Crippen molar-refractivity contribution in [1.29, 1.82) is 0 Å². The number of hydrogen-bond donors (Lipinski definition) is 1. The second-order valence-electron chi connectivity index (χ2n) is 4.57. The van der Waals surface area contributed by atoms with Gasteiger partial charge in [0.25, 0.3) is 5.56 Å². The van der Waals surface area contributed by atoms with Crippen LogP contribution in [0.5, 0.6) is 0 Å². The van der Waals surface area contributed by atoms with E-state index in [1.54, 1.807) is 24.4 Å². The van der Waals surface area contributed by atoms with E-state index in [0.717, 1.165) is 5.56 Å². The van der Waals surface area contributed by atoms with Crippen LogP contribution >= 0.6 is 0 Å². The van der Waals surface area contributed by atoms with Gasteiger partial charge >= 0.3 is 0 Å². The van der Waals surface area contributed by atoms with E-state index in [-0.39, 0.29) is 11.1 Å². The summed E-state index contributed by atoms with van der Waals surface area (Å²) in [6, 6.07) is 15.0. The SMILES string of the molecule is O=Cc1c(NCc2ccccc2)nc2ccccn2c1=O. The molecule has 0 saturated heterocycles. The van der Waals surface area contributed by atoms with E-state index >= 15 is 0 Å². The summed E-state index contributed by atoms with van der Waals surface area (Å²) < 4.78 is 1.36. The number of nitrogens with zero attached hydrogens (tertiary/aromatic N) is 2. The van der Waals surface area contributed by atoms with Crippen LogP contribution in [0.1, 0.15) is 15.9 Å². The number of aromatic nitrogens is 2. The summed E-state index contributed by atoms with van der Waals surface area (Å²) in [4.78, 5) is 27.8. The normalized spacial score (nSPS) is 10.5. The number of carbonyl (C=O) groups excluding carboxylic acids is 1. The molecule has 0 fully saturated rings. The van der Waals surface area contributed by atoms with Crippen molar-refractivity contribution < 1.29 is 4.79 Å². The summed E-state index contributed by atoms with van der Waals surface area (Å²) >= 11 is 0. The van der Waals surface area contributed by atoms with E-state index < -0.39 is 0 Å². The summed E-state index contributed by atoms with van der Waals surface area (Å²) in [6.07, 6.45) is 2.14. The Morgan fingerprint density at radius 3 is 2.62 bits per heavy atom. The van der Waals surface area contributed by atoms with Gasteiger partial charge in [-0.1, -0.05) is 36.4 Å². The first-order valence-electron chi connectivity index (χ1n) is 6.54. The van der Waals surface area contributed by atoms with Crippen molar-refractivity contribution in [1.82, 2.24) is 9.38 Å². The van der Waals surface area contributed by atoms with Crippen molar-refractivity contribution in [2.45, 2.75) is 6.54 Å². The van der Waals surface area contributed by atoms with Gasteiger partial charge in [-0.15, -0.1) is 0 Å². The molecule has 5 nitrogen and oxygen atoms in total. The number of anilines is 1. The van der Waals surface area contributed by atoms with Crippen LogP contribution in [0.15, 0.2) is 59.5 Å². The molecule has 0 aliphatic carbocycles. The van der Waals surface area contributed by atoms with Gasteiger partial charge in [-0.25, -0.2) is 4.98 Å². The number of hydrogen-bond acceptors (Lipinski definition) is 4. The standard InChI is InChI=1S/C16H13N3O2/c20-11-13-15(17-10-12-6-2-1-3-7-12)18-14-8-4-5-9-19(14)16(13)21/h1-9,11,17H,10H2. The highest BCUT2D eigenvalue weighted by molar-refractivity contribution is 5.82. The Morgan fingerprint density at radius 1 is 1.10 bits per heavy atom. The maximum atomic E-state index is 12.2. The van der Waals surface area contributed by atoms with Crippen LogP contribution in [0.2, 0.25) is 0 Å². The van der Waals surface area contributed by atoms with Crippen LogP contribution in [0.4, 0.5) is 5.82 Å². The number of pyridine rings is 1. The average molecular weight is 279 g/mol. The largest absolute Gasteiger partial charge is 0.365 e. The Morgan fingerprint density at radius 2 is 1.86 bits per heavy atom. The number of benzene rings is 1. The zero-order valence-corrected chi connectivity index (χ0v) is 11.2. The second kappa shape index (κ2) is 5.58. The fraction of sp³-hybridized carbons (Fsp3) is 0.0625. The van der Waals surface area contributed by atoms with Crippen molar-refractivity contribution in [2.75, 3.05) is 5.32 Å². The lowest BCUT2D eigenvalue weighted by Gasteiger charge is -2.09. The molecule has 0 amide bonds. The molecule has 104 valence electrons. The highest BCUT2D eigenvalue weighted by Gasteiger charge is 2.11. The van der Waals surface area contributed by atoms with E-state index in [0.29, 0.717) is 24.3 Å². The molecule has 0 spiro atoms. The number of rotatable bonds is 4. The molecule has 5 heteroatoms. The lowest BCUT2D eigenvalue weighted by Crippen LogP contribution is -2.22. The van der Waals surface area contributed by atoms with Crippen LogP contribution in [-0.4, -0.2) is 15.7 Å². The molecule has 1 N–H and O–H groups in total. The predicted octanol–water partition coefficient (Wildman–Crippen LogP) is 2.12. The van der Waals surface area contributed by atoms with Gasteiger partial charge in [0.1, 0.15) is 17.0 Å². The maximum absolute atomic E-state index is 12.2. The highest BCUT2D eigenvalue weighted by Crippen LogP contribution is 2.10. The molecule has 3 rings (SSSR count). The molecule has 21 heavy (non-hydrogen) atoms. The third-order valence-electron chi connectivity index (χ3n) is 3.19. The van der Waals surface area contributed by atoms with E-state index in [9.17, 15) is 9.59 Å². The molecule has 2 aromatic heterocycles. The van der Waals surface area contributed by atoms with Gasteiger partial charge < -0.3 is 5.32 Å². The number of fused-ring (bicyclic) bond motifs is 1. The fourth-order valence-electron chi connectivity index (χ4n) is 2.13. The number of nitrogens with one attached hydrogen (secondary N) is 1. The Bertz CT molecular complexity index is 841. The zero-order valence-electron chi connectivity index (χ0n) is 11.2. The summed E-state index contributed by atoms with van der Waals surface area (Å²) in [5, 5.41) is 3.06. The summed E-state index contributed by atoms with van der Waals surface area (Å²) in [5.41, 5.74) is 1.22. The first-order valence-corrected chi connectivity index (χ1v) is 6.54. The monoisotopic (exact) mass is 279 g/mol. The minimum atomic E-state index is -0.369. The van der Waals surface area contributed by atoms with Crippen molar-refractivity contribution in [2.24, 2.45) is 0 Å². The molecule has 0 aliphatic rings. The molecule has 1 aromatic carbocycles. The van der Waals surface area contributed by atoms with Gasteiger partial charge in [0.05, 0.1) is 0 Å². The van der Waals surface area contributed by atoms with E-state index in [4.69, 9.17) is 0 Å². The maximum Gasteiger partial charge on any atom is 0.270 e. The second-order valence-corrected chi connectivity index (χ2v) is 4.57. The first kappa shape index (κ1) is 13.1. The molecule has 2 heterocycles. The van der Waals surface area contributed by atoms with Gasteiger partial charge in [-0.05, 0) is 17.7 Å². The third-order valence-corrected chi connectivity index (χ3v) is 3.19. The third kappa shape index (κ3) is 2.53. The van der Waals surface area contributed by atoms with Crippen LogP contribution in [0.25, 0.3) is 5.65 Å². The minimum absolute atomic E-state index is 0.0367. The van der Waals surface area contributed by atoms with Gasteiger partial charge in [0.15, 0.2) is 6.29 Å². The van der Waals surface area contributed by atoms with Gasteiger partial charge in [-0.2, -0.15) is 0 Å². The Kier molecular flexibility index (Phi) is 3.47. The first-order chi connectivity index (χ1) is 10.3. The molecule has 0 bridgehead atoms. The molecule has 0 atom stereocenters. The average Bonchev–Trinajstić information content (AvgIpc) is 2.54. The number of aldehydes is 1. The molecule has 0 saturated carbocycles. The van der Waals surface area contributed by atoms with Crippen LogP contribution in [-0.2, 0) is 6.54 Å².